The maximum absolute atomic E-state index is 14.7. The molecule has 0 aromatic heterocycles. The van der Waals surface area contributed by atoms with Crippen molar-refractivity contribution < 1.29 is 62.3 Å². The third-order valence-corrected chi connectivity index (χ3v) is 16.7. The summed E-state index contributed by atoms with van der Waals surface area (Å²) < 4.78 is 0. The van der Waals surface area contributed by atoms with E-state index in [1.807, 2.05) is 20.1 Å². The number of nitrogens with zero attached hydrogens (tertiary/aromatic N) is 3. The zero-order valence-electron chi connectivity index (χ0n) is 54.5. The first-order valence-electron chi connectivity index (χ1n) is 32.2. The van der Waals surface area contributed by atoms with E-state index < -0.39 is 169 Å². The number of hydrogen-bond acceptors (Lipinski definition) is 17. The van der Waals surface area contributed by atoms with Crippen molar-refractivity contribution in [2.45, 2.75) is 183 Å². The molecule has 95 heavy (non-hydrogen) atoms. The molecule has 2 aliphatic heterocycles. The van der Waals surface area contributed by atoms with E-state index in [0.717, 1.165) is 0 Å². The smallest absolute Gasteiger partial charge is 0.245 e. The van der Waals surface area contributed by atoms with Crippen LogP contribution in [0.25, 0.3) is 0 Å². The van der Waals surface area contributed by atoms with Crippen molar-refractivity contribution in [3.63, 3.8) is 0 Å². The van der Waals surface area contributed by atoms with Gasteiger partial charge in [0, 0.05) is 45.3 Å². The van der Waals surface area contributed by atoms with Gasteiger partial charge in [0.1, 0.15) is 54.4 Å². The van der Waals surface area contributed by atoms with Crippen molar-refractivity contribution in [1.82, 2.24) is 52.3 Å². The second-order valence-corrected chi connectivity index (χ2v) is 25.1. The highest BCUT2D eigenvalue weighted by Crippen LogP contribution is 2.24. The molecule has 13 amide bonds. The van der Waals surface area contributed by atoms with Gasteiger partial charge >= 0.3 is 0 Å². The van der Waals surface area contributed by atoms with Crippen LogP contribution in [-0.4, -0.2) is 198 Å². The highest BCUT2D eigenvalue weighted by molar-refractivity contribution is 7.98. The average molecular weight is 1350 g/mol. The number of benzene rings is 2. The van der Waals surface area contributed by atoms with E-state index in [2.05, 4.69) is 47.5 Å². The number of aliphatic imine (C=N–C) groups is 1. The first-order valence-corrected chi connectivity index (χ1v) is 33.6. The fourth-order valence-corrected chi connectivity index (χ4v) is 11.5. The summed E-state index contributed by atoms with van der Waals surface area (Å²) in [6.07, 6.45) is 3.12. The van der Waals surface area contributed by atoms with Gasteiger partial charge in [0.05, 0.1) is 12.6 Å². The van der Waals surface area contributed by atoms with Gasteiger partial charge in [0.25, 0.3) is 0 Å². The van der Waals surface area contributed by atoms with Crippen molar-refractivity contribution in [1.29, 1.82) is 0 Å². The molecular formula is C63H98N18O13S. The van der Waals surface area contributed by atoms with Crippen LogP contribution >= 0.6 is 11.8 Å². The molecule has 0 aliphatic carbocycles. The molecule has 0 spiro atoms. The molecule has 2 saturated heterocycles. The Labute approximate surface area is 558 Å². The number of nitrogens with two attached hydrogens (primary N) is 7. The van der Waals surface area contributed by atoms with Crippen LogP contribution in [0.1, 0.15) is 121 Å². The fourth-order valence-electron chi connectivity index (χ4n) is 11.0. The Hall–Kier alpha value is -8.91. The van der Waals surface area contributed by atoms with Gasteiger partial charge in [0.15, 0.2) is 5.96 Å². The Morgan fingerprint density at radius 3 is 1.51 bits per heavy atom. The molecule has 0 saturated carbocycles. The summed E-state index contributed by atoms with van der Waals surface area (Å²) in [7, 11) is 0. The molecule has 524 valence electrons. The van der Waals surface area contributed by atoms with Gasteiger partial charge in [-0.2, -0.15) is 11.8 Å². The number of thioether (sulfide) groups is 1. The summed E-state index contributed by atoms with van der Waals surface area (Å²) in [5, 5.41) is 21.1. The van der Waals surface area contributed by atoms with Crippen LogP contribution in [0.3, 0.4) is 0 Å². The lowest BCUT2D eigenvalue weighted by Crippen LogP contribution is -2.60. The number of nitrogens with one attached hydrogen (secondary N) is 8. The maximum atomic E-state index is 14.7. The van der Waals surface area contributed by atoms with Gasteiger partial charge in [-0.05, 0) is 119 Å². The average Bonchev–Trinajstić information content (AvgIpc) is 1.74. The molecule has 0 bridgehead atoms. The lowest BCUT2D eigenvalue weighted by molar-refractivity contribution is -0.144. The normalized spacial score (nSPS) is 16.8. The van der Waals surface area contributed by atoms with Crippen LogP contribution < -0.4 is 82.7 Å². The molecule has 32 heteroatoms. The quantitative estimate of drug-likeness (QED) is 0.0173. The number of rotatable bonds is 42. The highest BCUT2D eigenvalue weighted by Gasteiger charge is 2.42. The van der Waals surface area contributed by atoms with Crippen LogP contribution in [-0.2, 0) is 75.2 Å². The van der Waals surface area contributed by atoms with Crippen LogP contribution in [0.5, 0.6) is 0 Å². The molecule has 2 aromatic carbocycles. The first-order chi connectivity index (χ1) is 45.2. The molecule has 0 unspecified atom stereocenters. The van der Waals surface area contributed by atoms with Crippen molar-refractivity contribution in [3.05, 3.63) is 71.8 Å². The molecule has 2 aliphatic rings. The summed E-state index contributed by atoms with van der Waals surface area (Å²) in [4.78, 5) is 185. The minimum Gasteiger partial charge on any atom is -0.370 e. The van der Waals surface area contributed by atoms with E-state index in [4.69, 9.17) is 40.1 Å². The number of carbonyl (C=O) groups excluding carboxylic acids is 13. The zero-order chi connectivity index (χ0) is 70.1. The van der Waals surface area contributed by atoms with Crippen molar-refractivity contribution in [3.8, 4) is 0 Å². The molecule has 22 N–H and O–H groups in total. The Morgan fingerprint density at radius 1 is 0.537 bits per heavy atom. The minimum absolute atomic E-state index is 0.0736. The molecule has 2 fully saturated rings. The number of primary amides is 3. The van der Waals surface area contributed by atoms with E-state index in [1.54, 1.807) is 60.7 Å². The van der Waals surface area contributed by atoms with Crippen molar-refractivity contribution in [2.75, 3.05) is 44.7 Å². The van der Waals surface area contributed by atoms with Crippen molar-refractivity contribution >= 4 is 94.5 Å². The Bertz CT molecular complexity index is 2960. The van der Waals surface area contributed by atoms with Crippen LogP contribution in [0.15, 0.2) is 65.7 Å². The Kier molecular flexibility index (Phi) is 33.9. The lowest BCUT2D eigenvalue weighted by atomic mass is 10.0. The number of carbonyl (C=O) groups is 13. The van der Waals surface area contributed by atoms with E-state index in [-0.39, 0.29) is 83.0 Å². The van der Waals surface area contributed by atoms with Crippen molar-refractivity contribution in [2.24, 2.45) is 51.0 Å². The summed E-state index contributed by atoms with van der Waals surface area (Å²) in [6.45, 7) is 3.86. The zero-order valence-corrected chi connectivity index (χ0v) is 55.3. The van der Waals surface area contributed by atoms with Gasteiger partial charge in [-0.3, -0.25) is 67.3 Å². The minimum atomic E-state index is -1.64. The molecule has 0 radical (unpaired) electrons. The molecule has 10 atom stereocenters. The topological polar surface area (TPSA) is 519 Å². The third kappa shape index (κ3) is 27.5. The Morgan fingerprint density at radius 2 is 1.01 bits per heavy atom. The summed E-state index contributed by atoms with van der Waals surface area (Å²) in [6, 6.07) is 4.51. The fraction of sp³-hybridized carbons (Fsp3) is 0.587. The van der Waals surface area contributed by atoms with E-state index in [9.17, 15) is 62.3 Å². The second kappa shape index (κ2) is 41.0. The predicted molar refractivity (Wildman–Crippen MR) is 356 cm³/mol. The maximum Gasteiger partial charge on any atom is 0.245 e. The van der Waals surface area contributed by atoms with Crippen LogP contribution in [0.2, 0.25) is 0 Å². The number of amides is 13. The van der Waals surface area contributed by atoms with Gasteiger partial charge in [0.2, 0.25) is 76.8 Å². The van der Waals surface area contributed by atoms with E-state index in [0.29, 0.717) is 55.4 Å². The summed E-state index contributed by atoms with van der Waals surface area (Å²) in [5.41, 5.74) is 40.6. The third-order valence-electron chi connectivity index (χ3n) is 16.0. The molecule has 4 rings (SSSR count). The molecule has 2 aromatic rings. The number of guanidine groups is 1. The highest BCUT2D eigenvalue weighted by atomic mass is 32.2. The molecular weight excluding hydrogens is 1250 g/mol. The van der Waals surface area contributed by atoms with Gasteiger partial charge in [-0.1, -0.05) is 74.5 Å². The predicted octanol–water partition coefficient (Wildman–Crippen LogP) is -3.71. The lowest BCUT2D eigenvalue weighted by Gasteiger charge is -2.32. The monoisotopic (exact) mass is 1350 g/mol. The summed E-state index contributed by atoms with van der Waals surface area (Å²) >= 11 is 1.45. The summed E-state index contributed by atoms with van der Waals surface area (Å²) in [5.74, 6) is -9.80. The van der Waals surface area contributed by atoms with E-state index in [1.165, 1.54) is 21.6 Å². The molecule has 2 heterocycles. The number of likely N-dealkylation sites (tertiary alicyclic amines) is 2. The first kappa shape index (κ1) is 78.5. The second-order valence-electron chi connectivity index (χ2n) is 24.1. The largest absolute Gasteiger partial charge is 0.370 e. The van der Waals surface area contributed by atoms with Crippen LogP contribution in [0, 0.1) is 5.92 Å². The van der Waals surface area contributed by atoms with E-state index >= 15 is 0 Å². The van der Waals surface area contributed by atoms with Crippen LogP contribution in [0.4, 0.5) is 0 Å². The molecule has 31 nitrogen and oxygen atoms in total. The van der Waals surface area contributed by atoms with Gasteiger partial charge in [-0.25, -0.2) is 0 Å². The Balaban J connectivity index is 1.56. The van der Waals surface area contributed by atoms with Gasteiger partial charge < -0.3 is 92.5 Å². The number of unbranched alkanes of at least 4 members (excludes halogenated alkanes) is 1. The van der Waals surface area contributed by atoms with Gasteiger partial charge in [-0.15, -0.1) is 0 Å². The standard InChI is InChI=1S/C63H98N18O13S/c1-37(2)33-45(57(89)74-41(53(68)85)27-32-95-3)73-52(84)36-72-54(86)46(34-38-15-6-4-7-16-38)78-58(90)47(35-39-17-8-5-9-18-39)79-56(88)42(23-25-50(66)82)75-55(87)43(24-26-51(67)83)76-59(91)49-22-14-31-81(49)62(94)44(20-10-11-28-64)77-60(92)48-21-13-30-80(48)61(93)40(65)19-12-29-71-63(69)70/h4-9,15-18,37,40-49H,10-14,19-36,64-65H2,1-3H3,(H2,66,82)(H2,67,83)(H2,68,85)(H,72,86)(H,73,84)(H,74,89)(H,75,87)(H,76,91)(H,77,92)(H,78,90)(H,79,88)(H4,69,70,71)/t40-,41-,42-,43+,44+,45-,46+,47+,48+,49+/m0/s1. The SMILES string of the molecule is CSCC[C@H](NC(=O)[C@H](CC(C)C)NC(=O)CNC(=O)[C@@H](Cc1ccccc1)NC(=O)[C@@H](Cc1ccccc1)NC(=O)[C@H](CCC(N)=O)NC(=O)[C@@H](CCC(N)=O)NC(=O)[C@H]1CCCN1C(=O)[C@@H](CCCCN)NC(=O)[C@H]1CCCN1C(=O)[C@@H](N)CCCN=C(N)N)C(N)=O. The number of hydrogen-bond donors (Lipinski definition) is 15.